The molecule has 0 bridgehead atoms. The molecule has 0 heterocycles. The summed E-state index contributed by atoms with van der Waals surface area (Å²) in [6, 6.07) is 0. The van der Waals surface area contributed by atoms with Crippen LogP contribution in [0.4, 0.5) is 0 Å². The van der Waals surface area contributed by atoms with Crippen molar-refractivity contribution < 1.29 is 47.4 Å². The molecule has 0 aliphatic rings. The van der Waals surface area contributed by atoms with E-state index in [2.05, 4.69) is 0 Å². The zero-order chi connectivity index (χ0) is 0. The quantitative estimate of drug-likeness (QED) is 0.270. The molecule has 0 N–H and O–H groups in total. The van der Waals surface area contributed by atoms with Crippen LogP contribution in [0.15, 0.2) is 0 Å². The van der Waals surface area contributed by atoms with E-state index in [1.54, 1.807) is 0 Å². The Hall–Kier alpha value is 2.02. The minimum absolute atomic E-state index is 0. The molecule has 1 nitrogen and oxygen atoms in total. The van der Waals surface area contributed by atoms with Crippen LogP contribution in [0, 0.1) is 0 Å². The topological polar surface area (TPSA) is 28.5 Å². The van der Waals surface area contributed by atoms with Gasteiger partial charge in [-0.2, -0.15) is 0 Å². The Balaban J connectivity index is 0. The Morgan fingerprint density at radius 1 is 1.00 bits per heavy atom. The molecule has 0 saturated heterocycles. The molecule has 0 aromatic rings. The fraction of sp³-hybridized carbons (Fsp3) is 0. The molecule has 0 saturated carbocycles. The minimum Gasteiger partial charge on any atom is -2.00 e. The van der Waals surface area contributed by atoms with E-state index >= 15 is 0 Å². The first-order chi connectivity index (χ1) is 0. The van der Waals surface area contributed by atoms with E-state index in [1.165, 1.54) is 0 Å². The molecular weight excluding hydrogens is 98.7 g/mol. The summed E-state index contributed by atoms with van der Waals surface area (Å²) in [7, 11) is 0. The van der Waals surface area contributed by atoms with Crippen molar-refractivity contribution in [2.75, 3.05) is 0 Å². The molecule has 0 aromatic carbocycles. The molecule has 16 valence electrons. The molecule has 0 amide bonds. The van der Waals surface area contributed by atoms with Crippen LogP contribution in [-0.4, -0.2) is 23.1 Å². The second kappa shape index (κ2) is 19.9. The van der Waals surface area contributed by atoms with Gasteiger partial charge in [0, 0.05) is 0 Å². The zero-order valence-corrected chi connectivity index (χ0v) is 6.66. The van der Waals surface area contributed by atoms with E-state index < -0.39 is 0 Å². The van der Waals surface area contributed by atoms with Gasteiger partial charge in [-0.05, 0) is 0 Å². The van der Waals surface area contributed by atoms with Crippen LogP contribution in [-0.2, 0) is 5.48 Å². The van der Waals surface area contributed by atoms with Crippen molar-refractivity contribution in [1.82, 2.24) is 0 Å². The first-order valence-electron chi connectivity index (χ1n) is 0. The van der Waals surface area contributed by atoms with E-state index in [0.29, 0.717) is 0 Å². The standard InChI is InChI=1S/ClH.Mg.Na.O/h1H;;;/q;+2;+1;-2/p-1. The predicted octanol–water partition coefficient (Wildman–Crippen LogP) is -6.49. The molecule has 4 heavy (non-hydrogen) atoms. The molecule has 0 spiro atoms. The van der Waals surface area contributed by atoms with Crippen LogP contribution in [0.25, 0.3) is 0 Å². The van der Waals surface area contributed by atoms with Crippen LogP contribution in [0.1, 0.15) is 0 Å². The third-order valence-electron chi connectivity index (χ3n) is 0. The Kier molecular flexibility index (Phi) is 185. The maximum Gasteiger partial charge on any atom is 2.00 e. The molecule has 0 unspecified atom stereocenters. The summed E-state index contributed by atoms with van der Waals surface area (Å²) < 4.78 is 0. The number of hydrogen-bond acceptors (Lipinski definition) is 0. The molecule has 0 aliphatic heterocycles. The summed E-state index contributed by atoms with van der Waals surface area (Å²) in [5, 5.41) is 0. The van der Waals surface area contributed by atoms with Gasteiger partial charge in [-0.25, -0.2) is 0 Å². The summed E-state index contributed by atoms with van der Waals surface area (Å²) in [6.07, 6.45) is 0. The molecule has 4 heteroatoms. The minimum atomic E-state index is 0. The van der Waals surface area contributed by atoms with Crippen LogP contribution in [0.2, 0.25) is 0 Å². The van der Waals surface area contributed by atoms with Crippen molar-refractivity contribution in [2.45, 2.75) is 0 Å². The van der Waals surface area contributed by atoms with Crippen LogP contribution >= 0.6 is 0 Å². The predicted molar refractivity (Wildman–Crippen MR) is 6.44 cm³/mol. The fourth-order valence-electron chi connectivity index (χ4n) is 0. The van der Waals surface area contributed by atoms with Gasteiger partial charge in [0.1, 0.15) is 0 Å². The normalized spacial score (nSPS) is 0. The molecule has 0 atom stereocenters. The van der Waals surface area contributed by atoms with E-state index in [0.717, 1.165) is 0 Å². The average Bonchev–Trinajstić information content (AvgIpc) is 0. The Morgan fingerprint density at radius 3 is 1.00 bits per heavy atom. The molecular formula is ClMgNaO. The SMILES string of the molecule is [Cl-].[Mg+2].[Na+].[O-2]. The summed E-state index contributed by atoms with van der Waals surface area (Å²) >= 11 is 0. The van der Waals surface area contributed by atoms with E-state index in [4.69, 9.17) is 0 Å². The second-order valence-corrected chi connectivity index (χ2v) is 0. The summed E-state index contributed by atoms with van der Waals surface area (Å²) in [5.41, 5.74) is 0. The molecule has 0 fully saturated rings. The number of halogens is 1. The molecule has 0 aromatic heterocycles. The summed E-state index contributed by atoms with van der Waals surface area (Å²) in [4.78, 5) is 0. The first kappa shape index (κ1) is 37.2. The van der Waals surface area contributed by atoms with Crippen molar-refractivity contribution in [2.24, 2.45) is 0 Å². The largest absolute Gasteiger partial charge is 2.00 e. The summed E-state index contributed by atoms with van der Waals surface area (Å²) in [5.74, 6) is 0. The van der Waals surface area contributed by atoms with Crippen molar-refractivity contribution in [3.63, 3.8) is 0 Å². The smallest absolute Gasteiger partial charge is 2.00 e. The van der Waals surface area contributed by atoms with Gasteiger partial charge in [0.05, 0.1) is 0 Å². The van der Waals surface area contributed by atoms with Crippen molar-refractivity contribution in [3.8, 4) is 0 Å². The molecule has 0 rings (SSSR count). The zero-order valence-electron chi connectivity index (χ0n) is 2.49. The van der Waals surface area contributed by atoms with Crippen LogP contribution in [0.5, 0.6) is 0 Å². The monoisotopic (exact) mass is 97.9 g/mol. The van der Waals surface area contributed by atoms with Gasteiger partial charge in [0.2, 0.25) is 0 Å². The Morgan fingerprint density at radius 2 is 1.00 bits per heavy atom. The number of rotatable bonds is 0. The van der Waals surface area contributed by atoms with E-state index in [9.17, 15) is 0 Å². The van der Waals surface area contributed by atoms with Gasteiger partial charge in [-0.3, -0.25) is 0 Å². The van der Waals surface area contributed by atoms with Crippen molar-refractivity contribution in [1.29, 1.82) is 0 Å². The average molecular weight is 98.7 g/mol. The van der Waals surface area contributed by atoms with Gasteiger partial charge in [-0.15, -0.1) is 0 Å². The molecule has 0 aliphatic carbocycles. The number of hydrogen-bond donors (Lipinski definition) is 0. The van der Waals surface area contributed by atoms with Gasteiger partial charge >= 0.3 is 52.6 Å². The maximum absolute atomic E-state index is 0. The van der Waals surface area contributed by atoms with Gasteiger partial charge in [0.25, 0.3) is 0 Å². The van der Waals surface area contributed by atoms with Gasteiger partial charge in [0.15, 0.2) is 0 Å². The first-order valence-corrected chi connectivity index (χ1v) is 0. The maximum atomic E-state index is 0. The summed E-state index contributed by atoms with van der Waals surface area (Å²) in [6.45, 7) is 0. The van der Waals surface area contributed by atoms with Gasteiger partial charge in [-0.1, -0.05) is 0 Å². The second-order valence-electron chi connectivity index (χ2n) is 0. The van der Waals surface area contributed by atoms with Crippen LogP contribution in [0.3, 0.4) is 0 Å². The third-order valence-corrected chi connectivity index (χ3v) is 0. The Labute approximate surface area is 69.7 Å². The van der Waals surface area contributed by atoms with Crippen LogP contribution < -0.4 is 42.0 Å². The van der Waals surface area contributed by atoms with E-state index in [1.807, 2.05) is 0 Å². The molecule has 0 radical (unpaired) electrons. The fourth-order valence-corrected chi connectivity index (χ4v) is 0. The third kappa shape index (κ3) is 8.99. The van der Waals surface area contributed by atoms with E-state index in [-0.39, 0.29) is 70.5 Å². The van der Waals surface area contributed by atoms with Gasteiger partial charge < -0.3 is 17.9 Å². The van der Waals surface area contributed by atoms with Crippen molar-refractivity contribution >= 4 is 23.1 Å². The van der Waals surface area contributed by atoms with Crippen molar-refractivity contribution in [3.05, 3.63) is 0 Å². The Bertz CT molecular complexity index is 8.00.